The van der Waals surface area contributed by atoms with E-state index >= 15 is 0 Å². The smallest absolute Gasteiger partial charge is 0.295 e. The quantitative estimate of drug-likeness (QED) is 0.165. The fourth-order valence-corrected chi connectivity index (χ4v) is 4.56. The summed E-state index contributed by atoms with van der Waals surface area (Å²) in [7, 11) is -8.07. The van der Waals surface area contributed by atoms with Crippen LogP contribution >= 0.6 is 0 Å². The van der Waals surface area contributed by atoms with Gasteiger partial charge in [0.05, 0.1) is 16.3 Å². The lowest BCUT2D eigenvalue weighted by atomic mass is 9.99. The highest BCUT2D eigenvalue weighted by molar-refractivity contribution is 7.86. The summed E-state index contributed by atoms with van der Waals surface area (Å²) < 4.78 is 67.2. The predicted octanol–water partition coefficient (Wildman–Crippen LogP) is 4.61. The van der Waals surface area contributed by atoms with E-state index in [4.69, 9.17) is 0 Å². The summed E-state index contributed by atoms with van der Waals surface area (Å²) in [5, 5.41) is 21.9. The zero-order valence-electron chi connectivity index (χ0n) is 18.0. The maximum absolute atomic E-state index is 12.1. The first kappa shape index (κ1) is 25.6. The van der Waals surface area contributed by atoms with Crippen molar-refractivity contribution in [3.8, 4) is 0 Å². The van der Waals surface area contributed by atoms with Crippen molar-refractivity contribution in [2.24, 2.45) is 10.2 Å². The SMILES string of the molecule is C=C(c1ccc(N=Nc2ccc(NC)cc2)cc1S(=O)(=O)O)c1ccc([N+](=O)[O-])cc1S(=O)(=O)O. The van der Waals surface area contributed by atoms with Crippen molar-refractivity contribution in [2.75, 3.05) is 12.4 Å². The Kier molecular flexibility index (Phi) is 7.11. The van der Waals surface area contributed by atoms with E-state index in [1.807, 2.05) is 0 Å². The van der Waals surface area contributed by atoms with Crippen LogP contribution in [0.3, 0.4) is 0 Å². The van der Waals surface area contributed by atoms with Gasteiger partial charge in [0.2, 0.25) is 0 Å². The molecule has 0 aliphatic rings. The van der Waals surface area contributed by atoms with Crippen molar-refractivity contribution in [2.45, 2.75) is 9.79 Å². The Balaban J connectivity index is 2.09. The molecule has 0 radical (unpaired) electrons. The van der Waals surface area contributed by atoms with Gasteiger partial charge < -0.3 is 5.32 Å². The van der Waals surface area contributed by atoms with Crippen LogP contribution in [0.5, 0.6) is 0 Å². The van der Waals surface area contributed by atoms with E-state index in [0.29, 0.717) is 11.8 Å². The third-order valence-electron chi connectivity index (χ3n) is 4.78. The molecule has 0 unspecified atom stereocenters. The van der Waals surface area contributed by atoms with Gasteiger partial charge in [-0.15, -0.1) is 0 Å². The summed E-state index contributed by atoms with van der Waals surface area (Å²) in [5.41, 5.74) is -0.0318. The summed E-state index contributed by atoms with van der Waals surface area (Å²) in [6.45, 7) is 3.68. The van der Waals surface area contributed by atoms with Crippen LogP contribution in [-0.4, -0.2) is 37.9 Å². The van der Waals surface area contributed by atoms with Gasteiger partial charge in [-0.2, -0.15) is 27.1 Å². The van der Waals surface area contributed by atoms with Gasteiger partial charge in [-0.05, 0) is 48.0 Å². The van der Waals surface area contributed by atoms with E-state index in [2.05, 4.69) is 22.1 Å². The van der Waals surface area contributed by atoms with Gasteiger partial charge >= 0.3 is 0 Å². The second-order valence-electron chi connectivity index (χ2n) is 7.04. The standard InChI is InChI=1S/C21H18N4O8S2/c1-13(19-10-8-17(25(26)27)12-21(19)35(31,32)33)18-9-7-16(11-20(18)34(28,29)30)24-23-15-5-3-14(22-2)4-6-15/h3-12,22H,1H2,2H3,(H,28,29,30)(H,31,32,33). The molecule has 0 atom stereocenters. The average Bonchev–Trinajstić information content (AvgIpc) is 2.81. The molecule has 0 aromatic heterocycles. The van der Waals surface area contributed by atoms with Crippen LogP contribution in [0.4, 0.5) is 22.7 Å². The molecule has 3 aromatic rings. The number of hydrogen-bond donors (Lipinski definition) is 3. The number of nitrogens with zero attached hydrogens (tertiary/aromatic N) is 3. The van der Waals surface area contributed by atoms with Crippen molar-refractivity contribution < 1.29 is 30.9 Å². The molecule has 12 nitrogen and oxygen atoms in total. The molecule has 0 aliphatic carbocycles. The van der Waals surface area contributed by atoms with Crippen LogP contribution in [0.1, 0.15) is 11.1 Å². The normalized spacial score (nSPS) is 12.0. The van der Waals surface area contributed by atoms with Gasteiger partial charge in [0.15, 0.2) is 0 Å². The molecular formula is C21H18N4O8S2. The van der Waals surface area contributed by atoms with Crippen molar-refractivity contribution >= 4 is 48.6 Å². The van der Waals surface area contributed by atoms with Crippen LogP contribution in [0.2, 0.25) is 0 Å². The molecule has 0 bridgehead atoms. The molecule has 3 aromatic carbocycles. The van der Waals surface area contributed by atoms with Crippen LogP contribution in [0.15, 0.2) is 87.3 Å². The molecule has 0 aliphatic heterocycles. The monoisotopic (exact) mass is 518 g/mol. The van der Waals surface area contributed by atoms with Gasteiger partial charge in [-0.3, -0.25) is 19.2 Å². The molecule has 3 N–H and O–H groups in total. The van der Waals surface area contributed by atoms with Crippen LogP contribution < -0.4 is 5.32 Å². The second kappa shape index (κ2) is 9.71. The van der Waals surface area contributed by atoms with Gasteiger partial charge in [0, 0.05) is 36.0 Å². The molecule has 0 heterocycles. The molecule has 0 saturated heterocycles. The highest BCUT2D eigenvalue weighted by Gasteiger charge is 2.25. The van der Waals surface area contributed by atoms with E-state index < -0.39 is 40.6 Å². The zero-order chi connectivity index (χ0) is 26.0. The molecule has 35 heavy (non-hydrogen) atoms. The van der Waals surface area contributed by atoms with Gasteiger partial charge in [-0.25, -0.2) is 0 Å². The number of nitro groups is 1. The van der Waals surface area contributed by atoms with E-state index in [1.54, 1.807) is 31.3 Å². The third-order valence-corrected chi connectivity index (χ3v) is 6.57. The van der Waals surface area contributed by atoms with Crippen LogP contribution in [0, 0.1) is 10.1 Å². The number of anilines is 1. The molecular weight excluding hydrogens is 500 g/mol. The lowest BCUT2D eigenvalue weighted by molar-refractivity contribution is -0.385. The minimum absolute atomic E-state index is 0.0468. The molecule has 0 saturated carbocycles. The number of azo groups is 1. The number of non-ortho nitro benzene ring substituents is 1. The van der Waals surface area contributed by atoms with Crippen molar-refractivity contribution in [1.82, 2.24) is 0 Å². The highest BCUT2D eigenvalue weighted by Crippen LogP contribution is 2.35. The zero-order valence-corrected chi connectivity index (χ0v) is 19.6. The Hall–Kier alpha value is -3.98. The fraction of sp³-hybridized carbons (Fsp3) is 0.0476. The maximum atomic E-state index is 12.1. The second-order valence-corrected chi connectivity index (χ2v) is 9.82. The molecule has 14 heteroatoms. The van der Waals surface area contributed by atoms with Crippen molar-refractivity contribution in [1.29, 1.82) is 0 Å². The number of nitrogens with one attached hydrogen (secondary N) is 1. The highest BCUT2D eigenvalue weighted by atomic mass is 32.2. The minimum atomic E-state index is -4.96. The maximum Gasteiger partial charge on any atom is 0.295 e. The molecule has 0 fully saturated rings. The summed E-state index contributed by atoms with van der Waals surface area (Å²) in [4.78, 5) is 8.64. The van der Waals surface area contributed by atoms with Crippen molar-refractivity contribution in [3.63, 3.8) is 0 Å². The van der Waals surface area contributed by atoms with E-state index in [9.17, 15) is 36.1 Å². The largest absolute Gasteiger partial charge is 0.388 e. The first-order chi connectivity index (χ1) is 16.3. The first-order valence-corrected chi connectivity index (χ1v) is 12.5. The van der Waals surface area contributed by atoms with Crippen LogP contribution in [0.25, 0.3) is 5.57 Å². The summed E-state index contributed by atoms with van der Waals surface area (Å²) in [5.74, 6) is 0. The van der Waals surface area contributed by atoms with E-state index in [-0.39, 0.29) is 22.4 Å². The lowest BCUT2D eigenvalue weighted by Gasteiger charge is -2.13. The molecule has 0 amide bonds. The van der Waals surface area contributed by atoms with E-state index in [0.717, 1.165) is 23.9 Å². The summed E-state index contributed by atoms with van der Waals surface area (Å²) >= 11 is 0. The number of nitro benzene ring substituents is 1. The predicted molar refractivity (Wildman–Crippen MR) is 127 cm³/mol. The van der Waals surface area contributed by atoms with Crippen molar-refractivity contribution in [3.05, 3.63) is 88.5 Å². The van der Waals surface area contributed by atoms with Gasteiger partial charge in [0.1, 0.15) is 9.79 Å². The minimum Gasteiger partial charge on any atom is -0.388 e. The number of benzene rings is 3. The third kappa shape index (κ3) is 5.93. The van der Waals surface area contributed by atoms with Gasteiger partial charge in [0.25, 0.3) is 25.9 Å². The summed E-state index contributed by atoms with van der Waals surface area (Å²) in [6.07, 6.45) is 0. The Morgan fingerprint density at radius 1 is 0.857 bits per heavy atom. The number of hydrogen-bond acceptors (Lipinski definition) is 9. The average molecular weight is 519 g/mol. The topological polar surface area (TPSA) is 189 Å². The Labute approximate surface area is 200 Å². The van der Waals surface area contributed by atoms with E-state index in [1.165, 1.54) is 12.1 Å². The first-order valence-electron chi connectivity index (χ1n) is 9.58. The van der Waals surface area contributed by atoms with Crippen LogP contribution in [-0.2, 0) is 20.2 Å². The Bertz CT molecular complexity index is 1570. The number of rotatable bonds is 8. The fourth-order valence-electron chi connectivity index (χ4n) is 3.08. The lowest BCUT2D eigenvalue weighted by Crippen LogP contribution is -2.07. The summed E-state index contributed by atoms with van der Waals surface area (Å²) in [6, 6.07) is 13.0. The Morgan fingerprint density at radius 3 is 1.86 bits per heavy atom. The Morgan fingerprint density at radius 2 is 1.34 bits per heavy atom. The molecule has 0 spiro atoms. The molecule has 182 valence electrons. The molecule has 3 rings (SSSR count). The van der Waals surface area contributed by atoms with Gasteiger partial charge in [-0.1, -0.05) is 12.6 Å².